The highest BCUT2D eigenvalue weighted by Crippen LogP contribution is 2.25. The Balaban J connectivity index is 1.70. The molecule has 0 spiro atoms. The molecule has 0 aliphatic heterocycles. The Kier molecular flexibility index (Phi) is 3.93. The Morgan fingerprint density at radius 3 is 2.67 bits per heavy atom. The average molecular weight is 299 g/mol. The number of para-hydroxylation sites is 1. The zero-order valence-corrected chi connectivity index (χ0v) is 12.1. The molecule has 4 heteroatoms. The molecule has 0 unspecified atom stereocenters. The molecule has 2 N–H and O–H groups in total. The lowest BCUT2D eigenvalue weighted by Gasteiger charge is -1.98. The van der Waals surface area contributed by atoms with E-state index in [-0.39, 0.29) is 5.88 Å². The van der Waals surface area contributed by atoms with E-state index < -0.39 is 0 Å². The van der Waals surface area contributed by atoms with Gasteiger partial charge in [0.15, 0.2) is 5.88 Å². The molecule has 3 nitrogen and oxygen atoms in total. The monoisotopic (exact) mass is 298 g/mol. The largest absolute Gasteiger partial charge is 0.494 e. The lowest BCUT2D eigenvalue weighted by Crippen LogP contribution is -1.90. The Morgan fingerprint density at radius 2 is 1.86 bits per heavy atom. The van der Waals surface area contributed by atoms with Crippen molar-refractivity contribution in [1.29, 1.82) is 0 Å². The van der Waals surface area contributed by atoms with E-state index in [1.54, 1.807) is 6.21 Å². The van der Waals surface area contributed by atoms with Crippen LogP contribution in [-0.2, 0) is 6.42 Å². The third kappa shape index (κ3) is 3.09. The number of H-pyrrole nitrogens is 1. The second kappa shape index (κ2) is 6.02. The molecule has 3 aromatic rings. The lowest BCUT2D eigenvalue weighted by molar-refractivity contribution is 0.457. The minimum Gasteiger partial charge on any atom is -0.494 e. The number of aromatic amines is 1. The van der Waals surface area contributed by atoms with E-state index in [1.165, 1.54) is 5.56 Å². The maximum atomic E-state index is 9.92. The normalized spacial score (nSPS) is 11.5. The molecular formula is C17H15ClN2O. The van der Waals surface area contributed by atoms with Crippen molar-refractivity contribution in [2.24, 2.45) is 4.99 Å². The van der Waals surface area contributed by atoms with E-state index in [1.807, 2.05) is 48.5 Å². The van der Waals surface area contributed by atoms with Crippen molar-refractivity contribution in [3.05, 3.63) is 64.7 Å². The second-order valence-electron chi connectivity index (χ2n) is 4.84. The summed E-state index contributed by atoms with van der Waals surface area (Å²) in [5, 5.41) is 11.6. The zero-order chi connectivity index (χ0) is 14.7. The Bertz CT molecular complexity index is 775. The topological polar surface area (TPSA) is 48.4 Å². The number of halogens is 1. The molecule has 0 aliphatic rings. The predicted molar refractivity (Wildman–Crippen MR) is 87.6 cm³/mol. The van der Waals surface area contributed by atoms with E-state index in [2.05, 4.69) is 9.98 Å². The van der Waals surface area contributed by atoms with Crippen LogP contribution in [0.5, 0.6) is 5.88 Å². The van der Waals surface area contributed by atoms with Gasteiger partial charge >= 0.3 is 0 Å². The number of nitrogens with one attached hydrogen (secondary N) is 1. The first-order valence-corrected chi connectivity index (χ1v) is 7.16. The smallest absolute Gasteiger partial charge is 0.198 e. The summed E-state index contributed by atoms with van der Waals surface area (Å²) in [7, 11) is 0. The van der Waals surface area contributed by atoms with Gasteiger partial charge in [-0.15, -0.1) is 0 Å². The van der Waals surface area contributed by atoms with Crippen molar-refractivity contribution >= 4 is 28.7 Å². The molecule has 0 saturated carbocycles. The van der Waals surface area contributed by atoms with Gasteiger partial charge in [0.2, 0.25) is 0 Å². The van der Waals surface area contributed by atoms with Crippen molar-refractivity contribution in [1.82, 2.24) is 4.98 Å². The minimum atomic E-state index is 0.159. The third-order valence-corrected chi connectivity index (χ3v) is 3.64. The molecule has 0 saturated heterocycles. The minimum absolute atomic E-state index is 0.159. The van der Waals surface area contributed by atoms with Gasteiger partial charge in [0, 0.05) is 28.7 Å². The molecule has 1 aromatic heterocycles. The van der Waals surface area contributed by atoms with Crippen LogP contribution in [0.2, 0.25) is 5.02 Å². The standard InChI is InChI=1S/C17H15ClN2O/c18-13-7-5-12(6-8-13)9-10-19-11-15-14-3-1-2-4-16(14)20-17(15)21/h1-8,11,20-21H,9-10H2. The van der Waals surface area contributed by atoms with Crippen molar-refractivity contribution in [3.63, 3.8) is 0 Å². The number of aromatic hydroxyl groups is 1. The molecule has 0 amide bonds. The number of hydrogen-bond donors (Lipinski definition) is 2. The quantitative estimate of drug-likeness (QED) is 0.697. The van der Waals surface area contributed by atoms with Crippen LogP contribution < -0.4 is 0 Å². The molecule has 21 heavy (non-hydrogen) atoms. The molecular weight excluding hydrogens is 284 g/mol. The Hall–Kier alpha value is -2.26. The summed E-state index contributed by atoms with van der Waals surface area (Å²) < 4.78 is 0. The highest BCUT2D eigenvalue weighted by atomic mass is 35.5. The lowest BCUT2D eigenvalue weighted by atomic mass is 10.1. The predicted octanol–water partition coefficient (Wildman–Crippen LogP) is 4.19. The van der Waals surface area contributed by atoms with E-state index in [0.29, 0.717) is 6.54 Å². The third-order valence-electron chi connectivity index (χ3n) is 3.39. The maximum Gasteiger partial charge on any atom is 0.198 e. The van der Waals surface area contributed by atoms with Gasteiger partial charge in [-0.3, -0.25) is 4.99 Å². The molecule has 0 radical (unpaired) electrons. The first-order valence-electron chi connectivity index (χ1n) is 6.78. The van der Waals surface area contributed by atoms with Gasteiger partial charge in [-0.25, -0.2) is 0 Å². The summed E-state index contributed by atoms with van der Waals surface area (Å²) >= 11 is 5.85. The molecule has 0 fully saturated rings. The fourth-order valence-electron chi connectivity index (χ4n) is 2.28. The van der Waals surface area contributed by atoms with Crippen molar-refractivity contribution in [2.45, 2.75) is 6.42 Å². The van der Waals surface area contributed by atoms with E-state index in [0.717, 1.165) is 27.9 Å². The van der Waals surface area contributed by atoms with Gasteiger partial charge in [0.05, 0.1) is 5.56 Å². The van der Waals surface area contributed by atoms with Crippen LogP contribution in [0.4, 0.5) is 0 Å². The van der Waals surface area contributed by atoms with Crippen LogP contribution in [-0.4, -0.2) is 22.8 Å². The molecule has 1 heterocycles. The zero-order valence-electron chi connectivity index (χ0n) is 11.4. The van der Waals surface area contributed by atoms with Gasteiger partial charge < -0.3 is 10.1 Å². The van der Waals surface area contributed by atoms with E-state index in [9.17, 15) is 5.11 Å². The molecule has 106 valence electrons. The second-order valence-corrected chi connectivity index (χ2v) is 5.28. The van der Waals surface area contributed by atoms with Crippen LogP contribution in [0.3, 0.4) is 0 Å². The van der Waals surface area contributed by atoms with Gasteiger partial charge in [-0.05, 0) is 30.2 Å². The fourth-order valence-corrected chi connectivity index (χ4v) is 2.41. The first kappa shape index (κ1) is 13.7. The number of aromatic nitrogens is 1. The van der Waals surface area contributed by atoms with Crippen molar-refractivity contribution in [2.75, 3.05) is 6.54 Å². The SMILES string of the molecule is Oc1[nH]c2ccccc2c1C=NCCc1ccc(Cl)cc1. The van der Waals surface area contributed by atoms with Crippen LogP contribution >= 0.6 is 11.6 Å². The number of rotatable bonds is 4. The molecule has 3 rings (SSSR count). The average Bonchev–Trinajstić information content (AvgIpc) is 2.81. The van der Waals surface area contributed by atoms with E-state index >= 15 is 0 Å². The van der Waals surface area contributed by atoms with Gasteiger partial charge in [-0.1, -0.05) is 41.9 Å². The number of hydrogen-bond acceptors (Lipinski definition) is 2. The Labute approximate surface area is 127 Å². The Morgan fingerprint density at radius 1 is 1.10 bits per heavy atom. The number of benzene rings is 2. The van der Waals surface area contributed by atoms with Gasteiger partial charge in [0.1, 0.15) is 0 Å². The fraction of sp³-hybridized carbons (Fsp3) is 0.118. The molecule has 0 bridgehead atoms. The number of aliphatic imine (C=N–C) groups is 1. The molecule has 0 atom stereocenters. The first-order chi connectivity index (χ1) is 10.2. The van der Waals surface area contributed by atoms with Crippen LogP contribution in [0, 0.1) is 0 Å². The summed E-state index contributed by atoms with van der Waals surface area (Å²) in [6.45, 7) is 0.667. The highest BCUT2D eigenvalue weighted by Gasteiger charge is 2.07. The maximum absolute atomic E-state index is 9.92. The summed E-state index contributed by atoms with van der Waals surface area (Å²) in [6.07, 6.45) is 2.57. The number of nitrogens with zero attached hydrogens (tertiary/aromatic N) is 1. The van der Waals surface area contributed by atoms with Crippen molar-refractivity contribution in [3.8, 4) is 5.88 Å². The van der Waals surface area contributed by atoms with Gasteiger partial charge in [0.25, 0.3) is 0 Å². The van der Waals surface area contributed by atoms with E-state index in [4.69, 9.17) is 11.6 Å². The van der Waals surface area contributed by atoms with Gasteiger partial charge in [-0.2, -0.15) is 0 Å². The molecule has 0 aliphatic carbocycles. The molecule has 2 aromatic carbocycles. The van der Waals surface area contributed by atoms with Crippen LogP contribution in [0.25, 0.3) is 10.9 Å². The highest BCUT2D eigenvalue weighted by molar-refractivity contribution is 6.30. The summed E-state index contributed by atoms with van der Waals surface area (Å²) in [6, 6.07) is 15.5. The number of fused-ring (bicyclic) bond motifs is 1. The van der Waals surface area contributed by atoms with Crippen LogP contribution in [0.15, 0.2) is 53.5 Å². The summed E-state index contributed by atoms with van der Waals surface area (Å²) in [4.78, 5) is 7.35. The summed E-state index contributed by atoms with van der Waals surface area (Å²) in [5.41, 5.74) is 2.84. The van der Waals surface area contributed by atoms with Crippen molar-refractivity contribution < 1.29 is 5.11 Å². The van der Waals surface area contributed by atoms with Crippen LogP contribution in [0.1, 0.15) is 11.1 Å². The summed E-state index contributed by atoms with van der Waals surface area (Å²) in [5.74, 6) is 0.159.